The summed E-state index contributed by atoms with van der Waals surface area (Å²) < 4.78 is 1.42. The molecule has 0 heterocycles. The molecule has 0 saturated heterocycles. The van der Waals surface area contributed by atoms with E-state index in [1.165, 1.54) is 60.8 Å². The summed E-state index contributed by atoms with van der Waals surface area (Å²) in [6, 6.07) is 17.5. The molecule has 0 N–H and O–H groups in total. The van der Waals surface area contributed by atoms with E-state index in [0.717, 1.165) is 0 Å². The van der Waals surface area contributed by atoms with E-state index >= 15 is 0 Å². The quantitative estimate of drug-likeness (QED) is 0.265. The molecule has 2 aromatic carbocycles. The summed E-state index contributed by atoms with van der Waals surface area (Å²) in [5.41, 5.74) is 8.77. The molecular formula is C54H66Zr. The van der Waals surface area contributed by atoms with Gasteiger partial charge in [-0.1, -0.05) is 154 Å². The Morgan fingerprint density at radius 1 is 0.655 bits per heavy atom. The van der Waals surface area contributed by atoms with E-state index in [-0.39, 0.29) is 37.9 Å². The van der Waals surface area contributed by atoms with E-state index in [9.17, 15) is 0 Å². The standard InChI is InChI=1S/C29H37.C15H14.C10H15.Zr/c1-21-14-13-15-22-20-27(6)25(4)18-10-9-16-23(25,2)24(3)17-11-12-19-26(24,5)29(27,8)28(21,22)7;1-12-3-7-14(8-4-12)11-15-9-5-13(2)6-10-15;1-8-5-6-9(7-8)10(2,3)4;/h9-20,22H,1-8H3;3-10H,1-2H3;6-8H,1-4H3;/q-1;;-1;+2. The molecular weight excluding hydrogens is 740 g/mol. The summed E-state index contributed by atoms with van der Waals surface area (Å²) in [7, 11) is 0. The van der Waals surface area contributed by atoms with Gasteiger partial charge in [-0.3, -0.25) is 6.08 Å². The third kappa shape index (κ3) is 5.94. The molecule has 286 valence electrons. The average Bonchev–Trinajstić information content (AvgIpc) is 3.67. The molecule has 6 aliphatic carbocycles. The van der Waals surface area contributed by atoms with Crippen LogP contribution >= 0.6 is 0 Å². The van der Waals surface area contributed by atoms with Crippen molar-refractivity contribution in [1.29, 1.82) is 0 Å². The number of aryl methyl sites for hydroxylation is 2. The summed E-state index contributed by atoms with van der Waals surface area (Å²) in [5.74, 6) is 0.982. The van der Waals surface area contributed by atoms with Crippen molar-refractivity contribution in [3.05, 3.63) is 173 Å². The van der Waals surface area contributed by atoms with E-state index in [2.05, 4.69) is 237 Å². The summed E-state index contributed by atoms with van der Waals surface area (Å²) >= 11 is 1.46. The molecule has 0 nitrogen and oxygen atoms in total. The average molecular weight is 806 g/mol. The first-order valence-corrected chi connectivity index (χ1v) is 21.8. The summed E-state index contributed by atoms with van der Waals surface area (Å²) in [4.78, 5) is 0. The van der Waals surface area contributed by atoms with Gasteiger partial charge in [-0.25, -0.2) is 6.08 Å². The van der Waals surface area contributed by atoms with Crippen molar-refractivity contribution < 1.29 is 24.2 Å². The van der Waals surface area contributed by atoms with Crippen molar-refractivity contribution in [3.8, 4) is 0 Å². The fraction of sp³-hybridized carbons (Fsp3) is 0.444. The van der Waals surface area contributed by atoms with Crippen LogP contribution in [0.5, 0.6) is 0 Å². The van der Waals surface area contributed by atoms with Crippen molar-refractivity contribution in [2.24, 2.45) is 55.2 Å². The van der Waals surface area contributed by atoms with Gasteiger partial charge in [0.2, 0.25) is 0 Å². The third-order valence-corrected chi connectivity index (χ3v) is 17.9. The molecule has 0 aromatic heterocycles. The van der Waals surface area contributed by atoms with Crippen LogP contribution in [-0.4, -0.2) is 3.21 Å². The Morgan fingerprint density at radius 3 is 1.55 bits per heavy atom. The SMILES string of the molecule is CC1=CC=CC2[CH-]C3(C)C4(C)C=CC=CC4(C)C4(C)C=CC=CC4(C)C3(C)C12C.CC1[C-]=CC(C(C)(C)C)=C1.Cc1ccc([C](=[Zr+2])c2ccc(C)cc2)cc1. The Balaban J connectivity index is 0.000000165. The molecule has 9 unspecified atom stereocenters. The number of fused-ring (bicyclic) bond motifs is 8. The zero-order valence-corrected chi connectivity index (χ0v) is 38.8. The topological polar surface area (TPSA) is 0 Å². The predicted octanol–water partition coefficient (Wildman–Crippen LogP) is 14.0. The Kier molecular flexibility index (Phi) is 10.8. The minimum absolute atomic E-state index is 0.00615. The Labute approximate surface area is 350 Å². The zero-order chi connectivity index (χ0) is 40.5. The molecule has 2 aromatic rings. The van der Waals surface area contributed by atoms with Gasteiger partial charge in [0.1, 0.15) is 0 Å². The first-order chi connectivity index (χ1) is 25.6. The van der Waals surface area contributed by atoms with Crippen molar-refractivity contribution in [2.75, 3.05) is 0 Å². The van der Waals surface area contributed by atoms with Crippen molar-refractivity contribution in [1.82, 2.24) is 0 Å². The molecule has 55 heavy (non-hydrogen) atoms. The molecule has 0 aliphatic heterocycles. The van der Waals surface area contributed by atoms with E-state index in [1.54, 1.807) is 0 Å². The molecule has 2 saturated carbocycles. The summed E-state index contributed by atoms with van der Waals surface area (Å²) in [5, 5.41) is 0. The minimum atomic E-state index is 0.00615. The van der Waals surface area contributed by atoms with Crippen molar-refractivity contribution >= 4 is 3.21 Å². The second kappa shape index (κ2) is 14.2. The Hall–Kier alpha value is -2.89. The van der Waals surface area contributed by atoms with Gasteiger partial charge in [0.05, 0.1) is 0 Å². The molecule has 9 atom stereocenters. The van der Waals surface area contributed by atoms with Gasteiger partial charge < -0.3 is 6.42 Å². The number of hydrogen-bond acceptors (Lipinski definition) is 0. The van der Waals surface area contributed by atoms with Gasteiger partial charge in [-0.15, -0.1) is 17.4 Å². The number of allylic oxidation sites excluding steroid dienone is 16. The van der Waals surface area contributed by atoms with Crippen molar-refractivity contribution in [2.45, 2.75) is 96.9 Å². The Morgan fingerprint density at radius 2 is 1.11 bits per heavy atom. The fourth-order valence-corrected chi connectivity index (χ4v) is 12.7. The summed E-state index contributed by atoms with van der Waals surface area (Å²) in [6.45, 7) is 33.4. The zero-order valence-electron chi connectivity index (χ0n) is 36.4. The number of rotatable bonds is 2. The van der Waals surface area contributed by atoms with E-state index in [0.29, 0.717) is 17.3 Å². The van der Waals surface area contributed by atoms with E-state index in [4.69, 9.17) is 0 Å². The molecule has 6 aliphatic rings. The fourth-order valence-electron chi connectivity index (χ4n) is 11.9. The van der Waals surface area contributed by atoms with Crippen LogP contribution in [0.4, 0.5) is 0 Å². The monoisotopic (exact) mass is 804 g/mol. The second-order valence-electron chi connectivity index (χ2n) is 19.8. The molecule has 8 rings (SSSR count). The molecule has 0 radical (unpaired) electrons. The van der Waals surface area contributed by atoms with Gasteiger partial charge in [0.25, 0.3) is 0 Å². The third-order valence-electron chi connectivity index (χ3n) is 16.5. The van der Waals surface area contributed by atoms with Crippen LogP contribution in [0.15, 0.2) is 139 Å². The van der Waals surface area contributed by atoms with E-state index < -0.39 is 0 Å². The van der Waals surface area contributed by atoms with Gasteiger partial charge in [0.15, 0.2) is 0 Å². The molecule has 0 bridgehead atoms. The first kappa shape index (κ1) is 41.7. The van der Waals surface area contributed by atoms with Crippen LogP contribution in [-0.2, 0) is 24.2 Å². The second-order valence-corrected chi connectivity index (χ2v) is 21.0. The van der Waals surface area contributed by atoms with Gasteiger partial charge in [-0.2, -0.15) is 11.6 Å². The van der Waals surface area contributed by atoms with Crippen LogP contribution < -0.4 is 0 Å². The van der Waals surface area contributed by atoms with Crippen LogP contribution in [0.2, 0.25) is 0 Å². The van der Waals surface area contributed by atoms with Crippen LogP contribution in [0.3, 0.4) is 0 Å². The van der Waals surface area contributed by atoms with Crippen molar-refractivity contribution in [3.63, 3.8) is 0 Å². The number of hydrogen-bond donors (Lipinski definition) is 0. The normalized spacial score (nSPS) is 38.7. The van der Waals surface area contributed by atoms with Crippen LogP contribution in [0.25, 0.3) is 0 Å². The maximum absolute atomic E-state index is 3.26. The van der Waals surface area contributed by atoms with E-state index in [1.807, 2.05) is 0 Å². The predicted molar refractivity (Wildman–Crippen MR) is 234 cm³/mol. The maximum atomic E-state index is 3.26. The molecule has 1 heteroatoms. The molecule has 0 spiro atoms. The van der Waals surface area contributed by atoms with Gasteiger partial charge in [0, 0.05) is 10.8 Å². The van der Waals surface area contributed by atoms with Gasteiger partial charge >= 0.3 is 112 Å². The molecule has 2 fully saturated rings. The first-order valence-electron chi connectivity index (χ1n) is 20.6. The van der Waals surface area contributed by atoms with Crippen LogP contribution in [0.1, 0.15) is 105 Å². The number of benzene rings is 2. The summed E-state index contributed by atoms with van der Waals surface area (Å²) in [6.07, 6.45) is 36.9. The Bertz CT molecular complexity index is 2020. The van der Waals surface area contributed by atoms with Gasteiger partial charge in [-0.05, 0) is 28.6 Å². The van der Waals surface area contributed by atoms with Crippen LogP contribution in [0, 0.1) is 81.5 Å². The molecule has 0 amide bonds.